The molecule has 0 aromatic carbocycles. The standard InChI is InChI=1S/C16H28F2O/c1-4-7-12(3)8-6-9-13-10-11-14(19-5-2)16(18)15(13)17/h5,12-16H,2,4,6-11H2,1,3H3. The van der Waals surface area contributed by atoms with Crippen LogP contribution in [0.1, 0.15) is 58.8 Å². The summed E-state index contributed by atoms with van der Waals surface area (Å²) in [6, 6.07) is 0. The van der Waals surface area contributed by atoms with Crippen LogP contribution in [0.5, 0.6) is 0 Å². The van der Waals surface area contributed by atoms with Gasteiger partial charge in [0.15, 0.2) is 6.17 Å². The molecule has 1 nitrogen and oxygen atoms in total. The summed E-state index contributed by atoms with van der Waals surface area (Å²) in [5.41, 5.74) is 0. The van der Waals surface area contributed by atoms with E-state index in [0.717, 1.165) is 25.7 Å². The lowest BCUT2D eigenvalue weighted by Gasteiger charge is -2.34. The second-order valence-corrected chi connectivity index (χ2v) is 5.89. The molecular weight excluding hydrogens is 246 g/mol. The quantitative estimate of drug-likeness (QED) is 0.552. The highest BCUT2D eigenvalue weighted by Gasteiger charge is 2.40. The fraction of sp³-hybridized carbons (Fsp3) is 0.875. The maximum atomic E-state index is 14.0. The first-order chi connectivity index (χ1) is 9.10. The highest BCUT2D eigenvalue weighted by molar-refractivity contribution is 4.89. The van der Waals surface area contributed by atoms with Crippen molar-refractivity contribution in [3.63, 3.8) is 0 Å². The van der Waals surface area contributed by atoms with Crippen molar-refractivity contribution < 1.29 is 13.5 Å². The van der Waals surface area contributed by atoms with E-state index in [1.165, 1.54) is 19.1 Å². The molecular formula is C16H28F2O. The van der Waals surface area contributed by atoms with Gasteiger partial charge in [-0.25, -0.2) is 8.78 Å². The Balaban J connectivity index is 2.30. The van der Waals surface area contributed by atoms with Crippen molar-refractivity contribution in [1.82, 2.24) is 0 Å². The van der Waals surface area contributed by atoms with Crippen molar-refractivity contribution in [2.45, 2.75) is 77.2 Å². The number of ether oxygens (including phenoxy) is 1. The van der Waals surface area contributed by atoms with Crippen LogP contribution < -0.4 is 0 Å². The van der Waals surface area contributed by atoms with Gasteiger partial charge in [0.05, 0.1) is 6.26 Å². The minimum atomic E-state index is -1.50. The van der Waals surface area contributed by atoms with E-state index in [1.807, 2.05) is 0 Å². The molecule has 0 spiro atoms. The molecule has 3 heteroatoms. The monoisotopic (exact) mass is 274 g/mol. The van der Waals surface area contributed by atoms with E-state index >= 15 is 0 Å². The Labute approximate surface area is 116 Å². The molecule has 112 valence electrons. The Kier molecular flexibility index (Phi) is 7.40. The maximum absolute atomic E-state index is 14.0. The van der Waals surface area contributed by atoms with Crippen molar-refractivity contribution in [3.8, 4) is 0 Å². The Bertz CT molecular complexity index is 257. The summed E-state index contributed by atoms with van der Waals surface area (Å²) in [4.78, 5) is 0. The topological polar surface area (TPSA) is 9.23 Å². The highest BCUT2D eigenvalue weighted by Crippen LogP contribution is 2.35. The van der Waals surface area contributed by atoms with E-state index in [0.29, 0.717) is 12.3 Å². The third kappa shape index (κ3) is 5.12. The lowest BCUT2D eigenvalue weighted by Crippen LogP contribution is -2.42. The van der Waals surface area contributed by atoms with Gasteiger partial charge >= 0.3 is 0 Å². The summed E-state index contributed by atoms with van der Waals surface area (Å²) in [5, 5.41) is 0. The van der Waals surface area contributed by atoms with Crippen LogP contribution in [0, 0.1) is 11.8 Å². The zero-order valence-electron chi connectivity index (χ0n) is 12.3. The molecule has 0 heterocycles. The Morgan fingerprint density at radius 3 is 2.63 bits per heavy atom. The van der Waals surface area contributed by atoms with E-state index in [2.05, 4.69) is 20.4 Å². The zero-order chi connectivity index (χ0) is 14.3. The van der Waals surface area contributed by atoms with Crippen LogP contribution in [0.15, 0.2) is 12.8 Å². The normalized spacial score (nSPS) is 32.8. The van der Waals surface area contributed by atoms with Crippen LogP contribution in [0.3, 0.4) is 0 Å². The van der Waals surface area contributed by atoms with Gasteiger partial charge in [0.2, 0.25) is 0 Å². The second kappa shape index (κ2) is 8.55. The summed E-state index contributed by atoms with van der Waals surface area (Å²) in [5.74, 6) is 0.568. The highest BCUT2D eigenvalue weighted by atomic mass is 19.2. The number of alkyl halides is 2. The Morgan fingerprint density at radius 1 is 1.26 bits per heavy atom. The molecule has 19 heavy (non-hydrogen) atoms. The van der Waals surface area contributed by atoms with E-state index in [1.54, 1.807) is 0 Å². The van der Waals surface area contributed by atoms with Gasteiger partial charge in [-0.3, -0.25) is 0 Å². The number of halogens is 2. The first kappa shape index (κ1) is 16.5. The molecule has 1 aliphatic rings. The summed E-state index contributed by atoms with van der Waals surface area (Å²) in [6.07, 6.45) is 4.40. The SMILES string of the molecule is C=COC1CCC(CCCC(C)CCC)C(F)C1F. The van der Waals surface area contributed by atoms with E-state index < -0.39 is 18.4 Å². The van der Waals surface area contributed by atoms with Crippen LogP contribution in [0.25, 0.3) is 0 Å². The summed E-state index contributed by atoms with van der Waals surface area (Å²) < 4.78 is 32.9. The predicted octanol–water partition coefficient (Wildman–Crippen LogP) is 5.21. The minimum Gasteiger partial charge on any atom is -0.495 e. The Morgan fingerprint density at radius 2 is 2.00 bits per heavy atom. The van der Waals surface area contributed by atoms with E-state index in [9.17, 15) is 8.78 Å². The van der Waals surface area contributed by atoms with Gasteiger partial charge in [0.25, 0.3) is 0 Å². The fourth-order valence-corrected chi connectivity index (χ4v) is 3.10. The average molecular weight is 274 g/mol. The number of hydrogen-bond donors (Lipinski definition) is 0. The number of rotatable bonds is 8. The van der Waals surface area contributed by atoms with Crippen LogP contribution in [0.4, 0.5) is 8.78 Å². The second-order valence-electron chi connectivity index (χ2n) is 5.89. The molecule has 1 saturated carbocycles. The van der Waals surface area contributed by atoms with Crippen molar-refractivity contribution in [2.75, 3.05) is 0 Å². The van der Waals surface area contributed by atoms with Crippen LogP contribution in [-0.4, -0.2) is 18.4 Å². The number of hydrogen-bond acceptors (Lipinski definition) is 1. The molecule has 0 saturated heterocycles. The van der Waals surface area contributed by atoms with Gasteiger partial charge in [-0.05, 0) is 31.1 Å². The van der Waals surface area contributed by atoms with Gasteiger partial charge in [-0.15, -0.1) is 0 Å². The van der Waals surface area contributed by atoms with Crippen molar-refractivity contribution in [2.24, 2.45) is 11.8 Å². The molecule has 0 aromatic heterocycles. The summed E-state index contributed by atoms with van der Waals surface area (Å²) in [7, 11) is 0. The molecule has 0 radical (unpaired) electrons. The molecule has 1 fully saturated rings. The molecule has 0 bridgehead atoms. The summed E-state index contributed by atoms with van der Waals surface area (Å²) in [6.45, 7) is 7.83. The largest absolute Gasteiger partial charge is 0.495 e. The van der Waals surface area contributed by atoms with Crippen LogP contribution in [-0.2, 0) is 4.74 Å². The van der Waals surface area contributed by atoms with E-state index in [4.69, 9.17) is 4.74 Å². The fourth-order valence-electron chi connectivity index (χ4n) is 3.10. The lowest BCUT2D eigenvalue weighted by molar-refractivity contribution is -0.0430. The van der Waals surface area contributed by atoms with Gasteiger partial charge in [-0.2, -0.15) is 0 Å². The van der Waals surface area contributed by atoms with Crippen molar-refractivity contribution in [1.29, 1.82) is 0 Å². The molecule has 0 aromatic rings. The zero-order valence-corrected chi connectivity index (χ0v) is 12.3. The summed E-state index contributed by atoms with van der Waals surface area (Å²) >= 11 is 0. The minimum absolute atomic E-state index is 0.131. The molecule has 1 rings (SSSR count). The third-order valence-corrected chi connectivity index (χ3v) is 4.26. The van der Waals surface area contributed by atoms with Crippen molar-refractivity contribution in [3.05, 3.63) is 12.8 Å². The maximum Gasteiger partial charge on any atom is 0.168 e. The van der Waals surface area contributed by atoms with Crippen molar-refractivity contribution >= 4 is 0 Å². The third-order valence-electron chi connectivity index (χ3n) is 4.26. The van der Waals surface area contributed by atoms with Gasteiger partial charge in [0.1, 0.15) is 12.3 Å². The molecule has 5 atom stereocenters. The van der Waals surface area contributed by atoms with Gasteiger partial charge in [-0.1, -0.05) is 46.1 Å². The molecule has 0 aliphatic heterocycles. The molecule has 0 amide bonds. The van der Waals surface area contributed by atoms with Gasteiger partial charge < -0.3 is 4.74 Å². The Hall–Kier alpha value is -0.600. The molecule has 1 aliphatic carbocycles. The molecule has 5 unspecified atom stereocenters. The first-order valence-corrected chi connectivity index (χ1v) is 7.64. The van der Waals surface area contributed by atoms with Gasteiger partial charge in [0, 0.05) is 0 Å². The predicted molar refractivity (Wildman–Crippen MR) is 75.5 cm³/mol. The smallest absolute Gasteiger partial charge is 0.168 e. The average Bonchev–Trinajstić information content (AvgIpc) is 2.38. The lowest BCUT2D eigenvalue weighted by atomic mass is 9.81. The van der Waals surface area contributed by atoms with E-state index in [-0.39, 0.29) is 5.92 Å². The molecule has 0 N–H and O–H groups in total. The first-order valence-electron chi connectivity index (χ1n) is 7.64. The van der Waals surface area contributed by atoms with Crippen LogP contribution in [0.2, 0.25) is 0 Å². The van der Waals surface area contributed by atoms with Crippen LogP contribution >= 0.6 is 0 Å².